The van der Waals surface area contributed by atoms with E-state index in [4.69, 9.17) is 57.2 Å². The summed E-state index contributed by atoms with van der Waals surface area (Å²) in [4.78, 5) is 47.7. The first-order valence-corrected chi connectivity index (χ1v) is 18.1. The maximum Gasteiger partial charge on any atom is 0.305 e. The standard InChI is InChI=1S/C36H57NO16/c38-33(39)7-3-4-8-34(40)53-30-29-52-28-27-51-26-25-50-24-23-49-22-21-48-20-19-47-18-17-46-16-15-45-14-13-44-12-11-43-10-9-37-35(41)31-5-1-2-6-32(31)36(37)42/h1-2,5-6H,3-4,7-30H2,(H,38,39). The minimum atomic E-state index is -0.868. The zero-order valence-corrected chi connectivity index (χ0v) is 30.7. The minimum absolute atomic E-state index is 0.0538. The SMILES string of the molecule is O=C(O)CCCCC(=O)OCCOCCOCCOCCOCCOCCOCCOCCOCCOCCOCCN1C(=O)c2ccccc2C1=O. The molecule has 1 aliphatic heterocycles. The molecule has 0 spiro atoms. The predicted molar refractivity (Wildman–Crippen MR) is 187 cm³/mol. The summed E-state index contributed by atoms with van der Waals surface area (Å²) in [5, 5.41) is 8.55. The normalized spacial score (nSPS) is 12.5. The van der Waals surface area contributed by atoms with Crippen LogP contribution < -0.4 is 0 Å². The number of unbranched alkanes of at least 4 members (excludes halogenated alkanes) is 1. The fraction of sp³-hybridized carbons (Fsp3) is 0.722. The molecular weight excluding hydrogens is 702 g/mol. The Labute approximate surface area is 311 Å². The molecule has 17 heteroatoms. The molecule has 0 unspecified atom stereocenters. The topological polar surface area (TPSA) is 193 Å². The van der Waals surface area contributed by atoms with Gasteiger partial charge in [0.2, 0.25) is 0 Å². The summed E-state index contributed by atoms with van der Waals surface area (Å²) in [5.74, 6) is -1.79. The Morgan fingerprint density at radius 1 is 0.453 bits per heavy atom. The molecule has 0 atom stereocenters. The Morgan fingerprint density at radius 2 is 0.755 bits per heavy atom. The van der Waals surface area contributed by atoms with E-state index in [1.165, 1.54) is 4.90 Å². The highest BCUT2D eigenvalue weighted by Crippen LogP contribution is 2.21. The summed E-state index contributed by atoms with van der Waals surface area (Å²) in [7, 11) is 0. The average Bonchev–Trinajstić information content (AvgIpc) is 3.40. The molecule has 0 radical (unpaired) electrons. The van der Waals surface area contributed by atoms with Gasteiger partial charge in [-0.3, -0.25) is 24.1 Å². The van der Waals surface area contributed by atoms with Crippen LogP contribution in [-0.2, 0) is 61.7 Å². The van der Waals surface area contributed by atoms with E-state index in [9.17, 15) is 19.2 Å². The van der Waals surface area contributed by atoms with Crippen molar-refractivity contribution in [2.75, 3.05) is 145 Å². The van der Waals surface area contributed by atoms with Crippen molar-refractivity contribution in [3.8, 4) is 0 Å². The van der Waals surface area contributed by atoms with Gasteiger partial charge in [0, 0.05) is 12.8 Å². The summed E-state index contributed by atoms with van der Waals surface area (Å²) in [5.41, 5.74) is 0.868. The lowest BCUT2D eigenvalue weighted by molar-refractivity contribution is -0.146. The van der Waals surface area contributed by atoms with Gasteiger partial charge >= 0.3 is 11.9 Å². The van der Waals surface area contributed by atoms with E-state index in [0.717, 1.165) is 0 Å². The third-order valence-electron chi connectivity index (χ3n) is 7.20. The van der Waals surface area contributed by atoms with Gasteiger partial charge in [0.05, 0.1) is 150 Å². The predicted octanol–water partition coefficient (Wildman–Crippen LogP) is 1.64. The first kappa shape index (κ1) is 46.1. The summed E-state index contributed by atoms with van der Waals surface area (Å²) < 4.78 is 59.5. The molecule has 0 aromatic heterocycles. The van der Waals surface area contributed by atoms with E-state index in [2.05, 4.69) is 0 Å². The summed E-state index contributed by atoms with van der Waals surface area (Å²) >= 11 is 0. The van der Waals surface area contributed by atoms with Gasteiger partial charge in [-0.15, -0.1) is 0 Å². The highest BCUT2D eigenvalue weighted by Gasteiger charge is 2.34. The summed E-state index contributed by atoms with van der Waals surface area (Å²) in [6, 6.07) is 6.79. The van der Waals surface area contributed by atoms with E-state index in [1.807, 2.05) is 0 Å². The van der Waals surface area contributed by atoms with Crippen molar-refractivity contribution in [1.29, 1.82) is 0 Å². The molecule has 0 fully saturated rings. The van der Waals surface area contributed by atoms with Crippen molar-refractivity contribution in [3.05, 3.63) is 35.4 Å². The van der Waals surface area contributed by atoms with Crippen molar-refractivity contribution in [3.63, 3.8) is 0 Å². The van der Waals surface area contributed by atoms with Crippen LogP contribution >= 0.6 is 0 Å². The molecule has 0 bridgehead atoms. The largest absolute Gasteiger partial charge is 0.481 e. The number of esters is 1. The molecule has 0 saturated heterocycles. The fourth-order valence-corrected chi connectivity index (χ4v) is 4.51. The van der Waals surface area contributed by atoms with E-state index in [1.54, 1.807) is 24.3 Å². The van der Waals surface area contributed by atoms with Gasteiger partial charge in [0.15, 0.2) is 0 Å². The Hall–Kier alpha value is -3.10. The number of hydrogen-bond donors (Lipinski definition) is 1. The summed E-state index contributed by atoms with van der Waals surface area (Å²) in [6.07, 6.45) is 1.21. The molecule has 1 aliphatic rings. The molecule has 17 nitrogen and oxygen atoms in total. The third-order valence-corrected chi connectivity index (χ3v) is 7.20. The number of ether oxygens (including phenoxy) is 11. The van der Waals surface area contributed by atoms with E-state index < -0.39 is 5.97 Å². The smallest absolute Gasteiger partial charge is 0.305 e. The van der Waals surface area contributed by atoms with Crippen LogP contribution in [0.2, 0.25) is 0 Å². The zero-order valence-electron chi connectivity index (χ0n) is 30.7. The van der Waals surface area contributed by atoms with Crippen LogP contribution in [0.15, 0.2) is 24.3 Å². The number of hydrogen-bond acceptors (Lipinski definition) is 15. The molecular formula is C36H57NO16. The lowest BCUT2D eigenvalue weighted by atomic mass is 10.1. The quantitative estimate of drug-likeness (QED) is 0.0581. The Morgan fingerprint density at radius 3 is 1.09 bits per heavy atom. The molecule has 1 aromatic rings. The van der Waals surface area contributed by atoms with Crippen LogP contribution in [-0.4, -0.2) is 179 Å². The monoisotopic (exact) mass is 759 g/mol. The maximum atomic E-state index is 12.3. The molecule has 53 heavy (non-hydrogen) atoms. The number of imide groups is 1. The van der Waals surface area contributed by atoms with E-state index in [0.29, 0.717) is 143 Å². The molecule has 0 aliphatic carbocycles. The van der Waals surface area contributed by atoms with Gasteiger partial charge in [-0.1, -0.05) is 12.1 Å². The van der Waals surface area contributed by atoms with Gasteiger partial charge in [-0.25, -0.2) is 0 Å². The minimum Gasteiger partial charge on any atom is -0.481 e. The van der Waals surface area contributed by atoms with Crippen LogP contribution in [0.4, 0.5) is 0 Å². The van der Waals surface area contributed by atoms with Gasteiger partial charge < -0.3 is 57.2 Å². The van der Waals surface area contributed by atoms with Crippen LogP contribution in [0.1, 0.15) is 46.4 Å². The number of benzene rings is 1. The number of nitrogens with zero attached hydrogens (tertiary/aromatic N) is 1. The van der Waals surface area contributed by atoms with Gasteiger partial charge in [-0.2, -0.15) is 0 Å². The first-order chi connectivity index (χ1) is 26.0. The third kappa shape index (κ3) is 24.0. The van der Waals surface area contributed by atoms with Crippen molar-refractivity contribution in [2.45, 2.75) is 25.7 Å². The van der Waals surface area contributed by atoms with Crippen LogP contribution in [0.5, 0.6) is 0 Å². The number of carboxylic acids is 1. The second kappa shape index (κ2) is 32.3. The van der Waals surface area contributed by atoms with Crippen LogP contribution in [0, 0.1) is 0 Å². The highest BCUT2D eigenvalue weighted by atomic mass is 16.6. The van der Waals surface area contributed by atoms with E-state index in [-0.39, 0.29) is 57.0 Å². The van der Waals surface area contributed by atoms with Gasteiger partial charge in [0.25, 0.3) is 11.8 Å². The molecule has 302 valence electrons. The second-order valence-electron chi connectivity index (χ2n) is 11.3. The van der Waals surface area contributed by atoms with E-state index >= 15 is 0 Å². The van der Waals surface area contributed by atoms with Crippen LogP contribution in [0.25, 0.3) is 0 Å². The second-order valence-corrected chi connectivity index (χ2v) is 11.3. The Kier molecular flexibility index (Phi) is 28.1. The number of aliphatic carboxylic acids is 1. The van der Waals surface area contributed by atoms with Crippen molar-refractivity contribution in [2.24, 2.45) is 0 Å². The number of carboxylic acid groups (broad SMARTS) is 1. The molecule has 1 heterocycles. The average molecular weight is 760 g/mol. The van der Waals surface area contributed by atoms with Crippen molar-refractivity contribution < 1.29 is 76.4 Å². The number of rotatable bonds is 38. The van der Waals surface area contributed by atoms with Crippen LogP contribution in [0.3, 0.4) is 0 Å². The molecule has 1 aromatic carbocycles. The van der Waals surface area contributed by atoms with Gasteiger partial charge in [0.1, 0.15) is 6.61 Å². The summed E-state index contributed by atoms with van der Waals surface area (Å²) in [6.45, 7) is 8.69. The van der Waals surface area contributed by atoms with Crippen molar-refractivity contribution >= 4 is 23.8 Å². The highest BCUT2D eigenvalue weighted by molar-refractivity contribution is 6.21. The fourth-order valence-electron chi connectivity index (χ4n) is 4.51. The maximum absolute atomic E-state index is 12.3. The zero-order chi connectivity index (χ0) is 38.0. The Balaban J connectivity index is 1.17. The number of amides is 2. The number of carbonyl (C=O) groups is 4. The lowest BCUT2D eigenvalue weighted by Crippen LogP contribution is -2.33. The molecule has 1 N–H and O–H groups in total. The molecule has 2 amide bonds. The molecule has 0 saturated carbocycles. The van der Waals surface area contributed by atoms with Gasteiger partial charge in [-0.05, 0) is 25.0 Å². The lowest BCUT2D eigenvalue weighted by Gasteiger charge is -2.13. The van der Waals surface area contributed by atoms with Crippen molar-refractivity contribution in [1.82, 2.24) is 4.90 Å². The number of fused-ring (bicyclic) bond motifs is 1. The Bertz CT molecular complexity index is 1090. The molecule has 2 rings (SSSR count). The first-order valence-electron chi connectivity index (χ1n) is 18.1. The number of carbonyl (C=O) groups excluding carboxylic acids is 3.